The maximum Gasteiger partial charge on any atom is 0.339 e. The number of nitrogens with one attached hydrogen (secondary N) is 1. The van der Waals surface area contributed by atoms with E-state index in [0.717, 1.165) is 24.3 Å². The Morgan fingerprint density at radius 2 is 1.57 bits per heavy atom. The molecule has 0 unspecified atom stereocenters. The topological polar surface area (TPSA) is 86.6 Å². The summed E-state index contributed by atoms with van der Waals surface area (Å²) in [6, 6.07) is 6.52. The van der Waals surface area contributed by atoms with Crippen LogP contribution in [0.5, 0.6) is 5.75 Å². The van der Waals surface area contributed by atoms with Crippen molar-refractivity contribution in [3.05, 3.63) is 59.2 Å². The fourth-order valence-corrected chi connectivity index (χ4v) is 1.72. The number of phenols is 1. The summed E-state index contributed by atoms with van der Waals surface area (Å²) in [5, 5.41) is 20.6. The lowest BCUT2D eigenvalue weighted by molar-refractivity contribution is 0.0693. The molecule has 108 valence electrons. The zero-order chi connectivity index (χ0) is 15.6. The number of anilines is 1. The Kier molecular flexibility index (Phi) is 3.84. The van der Waals surface area contributed by atoms with Gasteiger partial charge in [0, 0.05) is 0 Å². The van der Waals surface area contributed by atoms with Gasteiger partial charge in [-0.2, -0.15) is 0 Å². The Morgan fingerprint density at radius 3 is 2.14 bits per heavy atom. The van der Waals surface area contributed by atoms with Crippen molar-refractivity contribution in [2.45, 2.75) is 0 Å². The van der Waals surface area contributed by atoms with Crippen LogP contribution < -0.4 is 5.32 Å². The van der Waals surface area contributed by atoms with Crippen LogP contribution >= 0.6 is 0 Å². The molecule has 0 aromatic heterocycles. The van der Waals surface area contributed by atoms with Gasteiger partial charge in [0.1, 0.15) is 22.8 Å². The van der Waals surface area contributed by atoms with E-state index in [0.29, 0.717) is 0 Å². The van der Waals surface area contributed by atoms with E-state index in [4.69, 9.17) is 5.11 Å². The average Bonchev–Trinajstić information content (AvgIpc) is 2.40. The fraction of sp³-hybridized carbons (Fsp3) is 0. The number of halogens is 2. The number of hydrogen-bond donors (Lipinski definition) is 3. The second-order valence-electron chi connectivity index (χ2n) is 4.06. The summed E-state index contributed by atoms with van der Waals surface area (Å²) in [4.78, 5) is 22.7. The van der Waals surface area contributed by atoms with E-state index in [-0.39, 0.29) is 5.69 Å². The van der Waals surface area contributed by atoms with E-state index in [2.05, 4.69) is 5.32 Å². The molecule has 0 fully saturated rings. The highest BCUT2D eigenvalue weighted by atomic mass is 19.1. The van der Waals surface area contributed by atoms with Crippen LogP contribution in [-0.4, -0.2) is 22.1 Å². The Morgan fingerprint density at radius 1 is 1.00 bits per heavy atom. The zero-order valence-electron chi connectivity index (χ0n) is 10.4. The highest BCUT2D eigenvalue weighted by Crippen LogP contribution is 2.28. The van der Waals surface area contributed by atoms with Gasteiger partial charge in [-0.25, -0.2) is 13.6 Å². The minimum atomic E-state index is -1.40. The van der Waals surface area contributed by atoms with Crippen molar-refractivity contribution >= 4 is 17.6 Å². The molecule has 5 nitrogen and oxygen atoms in total. The van der Waals surface area contributed by atoms with Crippen LogP contribution in [0.4, 0.5) is 14.5 Å². The molecule has 0 saturated heterocycles. The largest absolute Gasteiger partial charge is 0.505 e. The predicted molar refractivity (Wildman–Crippen MR) is 69.4 cm³/mol. The lowest BCUT2D eigenvalue weighted by Gasteiger charge is -2.10. The number of carboxylic acid groups (broad SMARTS) is 1. The molecule has 0 aliphatic rings. The number of aromatic hydroxyl groups is 1. The number of carbonyl (C=O) groups excluding carboxylic acids is 1. The van der Waals surface area contributed by atoms with Crippen LogP contribution in [-0.2, 0) is 0 Å². The molecule has 2 aromatic carbocycles. The molecule has 7 heteroatoms. The number of rotatable bonds is 3. The second kappa shape index (κ2) is 5.58. The standard InChI is InChI=1S/C14H9F2NO4/c15-8-4-2-5-9(16)11(8)13(19)17-10-6-1-3-7(12(10)18)14(20)21/h1-6,18H,(H,17,19)(H,20,21). The lowest BCUT2D eigenvalue weighted by atomic mass is 10.1. The van der Waals surface area contributed by atoms with Crippen LogP contribution in [0.1, 0.15) is 20.7 Å². The maximum atomic E-state index is 13.5. The Balaban J connectivity index is 2.37. The van der Waals surface area contributed by atoms with E-state index in [9.17, 15) is 23.5 Å². The average molecular weight is 293 g/mol. The van der Waals surface area contributed by atoms with Crippen LogP contribution in [0.15, 0.2) is 36.4 Å². The molecule has 0 radical (unpaired) electrons. The van der Waals surface area contributed by atoms with Crippen LogP contribution in [0.2, 0.25) is 0 Å². The second-order valence-corrected chi connectivity index (χ2v) is 4.06. The van der Waals surface area contributed by atoms with E-state index < -0.39 is 40.4 Å². The van der Waals surface area contributed by atoms with Crippen LogP contribution in [0.25, 0.3) is 0 Å². The highest BCUT2D eigenvalue weighted by Gasteiger charge is 2.20. The first-order valence-electron chi connectivity index (χ1n) is 5.72. The smallest absolute Gasteiger partial charge is 0.339 e. The molecule has 0 atom stereocenters. The summed E-state index contributed by atoms with van der Waals surface area (Å²) < 4.78 is 26.9. The molecule has 0 bridgehead atoms. The molecule has 2 aromatic rings. The third kappa shape index (κ3) is 2.81. The first-order valence-corrected chi connectivity index (χ1v) is 5.72. The van der Waals surface area contributed by atoms with Gasteiger partial charge >= 0.3 is 5.97 Å². The third-order valence-electron chi connectivity index (χ3n) is 2.70. The summed E-state index contributed by atoms with van der Waals surface area (Å²) in [6.07, 6.45) is 0. The van der Waals surface area contributed by atoms with E-state index in [1.165, 1.54) is 12.1 Å². The van der Waals surface area contributed by atoms with Gasteiger partial charge in [-0.15, -0.1) is 0 Å². The summed E-state index contributed by atoms with van der Waals surface area (Å²) in [7, 11) is 0. The normalized spacial score (nSPS) is 10.2. The summed E-state index contributed by atoms with van der Waals surface area (Å²) in [5.74, 6) is -5.37. The summed E-state index contributed by atoms with van der Waals surface area (Å²) in [5.41, 5.74) is -1.53. The maximum absolute atomic E-state index is 13.5. The number of amides is 1. The Hall–Kier alpha value is -2.96. The third-order valence-corrected chi connectivity index (χ3v) is 2.70. The van der Waals surface area contributed by atoms with Crippen molar-refractivity contribution in [3.63, 3.8) is 0 Å². The van der Waals surface area contributed by atoms with Crippen molar-refractivity contribution in [1.82, 2.24) is 0 Å². The Bertz CT molecular complexity index is 711. The molecule has 0 aliphatic carbocycles. The van der Waals surface area contributed by atoms with Crippen molar-refractivity contribution < 1.29 is 28.6 Å². The first-order chi connectivity index (χ1) is 9.91. The molecule has 0 heterocycles. The zero-order valence-corrected chi connectivity index (χ0v) is 10.4. The molecular formula is C14H9F2NO4. The molecular weight excluding hydrogens is 284 g/mol. The predicted octanol–water partition coefficient (Wildman–Crippen LogP) is 2.62. The number of hydrogen-bond acceptors (Lipinski definition) is 3. The first kappa shape index (κ1) is 14.4. The molecule has 21 heavy (non-hydrogen) atoms. The van der Waals surface area contributed by atoms with E-state index >= 15 is 0 Å². The van der Waals surface area contributed by atoms with Crippen molar-refractivity contribution in [2.24, 2.45) is 0 Å². The van der Waals surface area contributed by atoms with E-state index in [1.54, 1.807) is 0 Å². The highest BCUT2D eigenvalue weighted by molar-refractivity contribution is 6.06. The number of carboxylic acids is 1. The van der Waals surface area contributed by atoms with Crippen molar-refractivity contribution in [1.29, 1.82) is 0 Å². The minimum Gasteiger partial charge on any atom is -0.505 e. The fourth-order valence-electron chi connectivity index (χ4n) is 1.72. The number of carbonyl (C=O) groups is 2. The summed E-state index contributed by atoms with van der Waals surface area (Å²) >= 11 is 0. The molecule has 1 amide bonds. The van der Waals surface area contributed by atoms with E-state index in [1.807, 2.05) is 0 Å². The van der Waals surface area contributed by atoms with Gasteiger partial charge in [0.05, 0.1) is 5.69 Å². The number of benzene rings is 2. The molecule has 0 saturated carbocycles. The van der Waals surface area contributed by atoms with Crippen molar-refractivity contribution in [3.8, 4) is 5.75 Å². The molecule has 0 spiro atoms. The quantitative estimate of drug-likeness (QED) is 0.759. The van der Waals surface area contributed by atoms with Gasteiger partial charge in [0.2, 0.25) is 0 Å². The molecule has 2 rings (SSSR count). The van der Waals surface area contributed by atoms with Gasteiger partial charge < -0.3 is 15.5 Å². The monoisotopic (exact) mass is 293 g/mol. The summed E-state index contributed by atoms with van der Waals surface area (Å²) in [6.45, 7) is 0. The van der Waals surface area contributed by atoms with Gasteiger partial charge in [-0.1, -0.05) is 12.1 Å². The van der Waals surface area contributed by atoms with Crippen molar-refractivity contribution in [2.75, 3.05) is 5.32 Å². The van der Waals surface area contributed by atoms with Crippen LogP contribution in [0, 0.1) is 11.6 Å². The minimum absolute atomic E-state index is 0.262. The molecule has 0 aliphatic heterocycles. The van der Waals surface area contributed by atoms with Gasteiger partial charge in [-0.05, 0) is 24.3 Å². The van der Waals surface area contributed by atoms with Gasteiger partial charge in [-0.3, -0.25) is 4.79 Å². The lowest BCUT2D eigenvalue weighted by Crippen LogP contribution is -2.16. The van der Waals surface area contributed by atoms with Crippen LogP contribution in [0.3, 0.4) is 0 Å². The number of aromatic carboxylic acids is 1. The molecule has 3 N–H and O–H groups in total. The number of para-hydroxylation sites is 1. The van der Waals surface area contributed by atoms with Gasteiger partial charge in [0.25, 0.3) is 5.91 Å². The Labute approximate surface area is 117 Å². The SMILES string of the molecule is O=C(O)c1cccc(NC(=O)c2c(F)cccc2F)c1O. The van der Waals surface area contributed by atoms with Gasteiger partial charge in [0.15, 0.2) is 5.75 Å².